The third-order valence-corrected chi connectivity index (χ3v) is 5.48. The zero-order chi connectivity index (χ0) is 13.5. The molecule has 2 N–H and O–H groups in total. The molecular weight excluding hydrogens is 323 g/mol. The highest BCUT2D eigenvalue weighted by atomic mass is 79.9. The highest BCUT2D eigenvalue weighted by molar-refractivity contribution is 9.10. The van der Waals surface area contributed by atoms with Gasteiger partial charge in [0, 0.05) is 23.8 Å². The average molecular weight is 337 g/mol. The minimum Gasteiger partial charge on any atom is -0.398 e. The largest absolute Gasteiger partial charge is 0.398 e. The van der Waals surface area contributed by atoms with Crippen molar-refractivity contribution in [3.05, 3.63) is 22.4 Å². The van der Waals surface area contributed by atoms with Crippen LogP contribution in [0.1, 0.15) is 12.8 Å². The van der Waals surface area contributed by atoms with Crippen LogP contribution < -0.4 is 5.73 Å². The molecule has 1 aliphatic rings. The molecule has 0 aliphatic heterocycles. The van der Waals surface area contributed by atoms with E-state index in [9.17, 15) is 12.8 Å². The summed E-state index contributed by atoms with van der Waals surface area (Å²) in [5.41, 5.74) is 5.81. The van der Waals surface area contributed by atoms with Gasteiger partial charge < -0.3 is 5.73 Å². The zero-order valence-corrected chi connectivity index (χ0v) is 12.3. The molecule has 4 nitrogen and oxygen atoms in total. The van der Waals surface area contributed by atoms with E-state index in [0.29, 0.717) is 16.9 Å². The van der Waals surface area contributed by atoms with Crippen LogP contribution >= 0.6 is 15.9 Å². The molecule has 0 radical (unpaired) electrons. The number of hydrogen-bond donors (Lipinski definition) is 1. The molecular formula is C11H14BrFN2O2S. The van der Waals surface area contributed by atoms with Crippen molar-refractivity contribution in [1.82, 2.24) is 4.31 Å². The van der Waals surface area contributed by atoms with Gasteiger partial charge in [0.1, 0.15) is 10.7 Å². The summed E-state index contributed by atoms with van der Waals surface area (Å²) in [6, 6.07) is 2.23. The number of halogens is 2. The minimum atomic E-state index is -3.81. The highest BCUT2D eigenvalue weighted by Gasteiger charge is 2.31. The Balaban J connectivity index is 2.36. The molecule has 0 bridgehead atoms. The first kappa shape index (κ1) is 13.8. The van der Waals surface area contributed by atoms with Crippen molar-refractivity contribution >= 4 is 31.6 Å². The summed E-state index contributed by atoms with van der Waals surface area (Å²) in [7, 11) is -2.34. The minimum absolute atomic E-state index is 0.204. The normalized spacial score (nSPS) is 16.2. The smallest absolute Gasteiger partial charge is 0.245 e. The van der Waals surface area contributed by atoms with E-state index in [1.807, 2.05) is 0 Å². The van der Waals surface area contributed by atoms with Crippen molar-refractivity contribution in [2.24, 2.45) is 5.92 Å². The van der Waals surface area contributed by atoms with Gasteiger partial charge in [-0.2, -0.15) is 0 Å². The van der Waals surface area contributed by atoms with Crippen LogP contribution in [0.4, 0.5) is 10.1 Å². The molecule has 2 rings (SSSR count). The van der Waals surface area contributed by atoms with Crippen LogP contribution in [0, 0.1) is 11.7 Å². The van der Waals surface area contributed by atoms with E-state index in [1.165, 1.54) is 11.4 Å². The predicted octanol–water partition coefficient (Wildman–Crippen LogP) is 2.20. The molecule has 1 aliphatic carbocycles. The number of nitrogens with zero attached hydrogens (tertiary/aromatic N) is 1. The number of sulfonamides is 1. The fourth-order valence-corrected chi connectivity index (χ4v) is 3.31. The van der Waals surface area contributed by atoms with Gasteiger partial charge in [0.05, 0.1) is 0 Å². The average Bonchev–Trinajstić information content (AvgIpc) is 3.07. The van der Waals surface area contributed by atoms with Crippen molar-refractivity contribution in [3.63, 3.8) is 0 Å². The molecule has 0 atom stereocenters. The lowest BCUT2D eigenvalue weighted by molar-refractivity contribution is 0.447. The Morgan fingerprint density at radius 3 is 2.67 bits per heavy atom. The van der Waals surface area contributed by atoms with E-state index in [0.717, 1.165) is 25.0 Å². The summed E-state index contributed by atoms with van der Waals surface area (Å²) in [6.07, 6.45) is 2.07. The molecule has 1 aromatic rings. The lowest BCUT2D eigenvalue weighted by atomic mass is 10.3. The fourth-order valence-electron chi connectivity index (χ4n) is 1.67. The van der Waals surface area contributed by atoms with Gasteiger partial charge in [-0.15, -0.1) is 0 Å². The van der Waals surface area contributed by atoms with E-state index in [4.69, 9.17) is 5.73 Å². The van der Waals surface area contributed by atoms with Gasteiger partial charge >= 0.3 is 0 Å². The van der Waals surface area contributed by atoms with Crippen molar-refractivity contribution in [2.45, 2.75) is 17.7 Å². The summed E-state index contributed by atoms with van der Waals surface area (Å²) >= 11 is 3.06. The lowest BCUT2D eigenvalue weighted by Crippen LogP contribution is -2.29. The van der Waals surface area contributed by atoms with Crippen LogP contribution in [0.15, 0.2) is 21.5 Å². The Hall–Kier alpha value is -0.660. The van der Waals surface area contributed by atoms with E-state index in [2.05, 4.69) is 15.9 Å². The van der Waals surface area contributed by atoms with Crippen molar-refractivity contribution < 1.29 is 12.8 Å². The topological polar surface area (TPSA) is 63.4 Å². The maximum absolute atomic E-state index is 13.7. The predicted molar refractivity (Wildman–Crippen MR) is 71.1 cm³/mol. The molecule has 0 heterocycles. The van der Waals surface area contributed by atoms with Crippen LogP contribution in [0.2, 0.25) is 0 Å². The van der Waals surface area contributed by atoms with Crippen molar-refractivity contribution in [2.75, 3.05) is 19.3 Å². The van der Waals surface area contributed by atoms with E-state index in [-0.39, 0.29) is 10.6 Å². The first-order chi connectivity index (χ1) is 8.32. The van der Waals surface area contributed by atoms with E-state index < -0.39 is 15.8 Å². The monoisotopic (exact) mass is 336 g/mol. The van der Waals surface area contributed by atoms with Gasteiger partial charge in [0.15, 0.2) is 0 Å². The van der Waals surface area contributed by atoms with E-state index in [1.54, 1.807) is 0 Å². The molecule has 0 unspecified atom stereocenters. The maximum Gasteiger partial charge on any atom is 0.245 e. The van der Waals surface area contributed by atoms with Crippen LogP contribution in [0.25, 0.3) is 0 Å². The molecule has 100 valence electrons. The molecule has 0 saturated heterocycles. The second kappa shape index (κ2) is 4.79. The summed E-state index contributed by atoms with van der Waals surface area (Å²) in [5.74, 6) is -0.389. The number of rotatable bonds is 4. The number of anilines is 1. The number of nitrogens with two attached hydrogens (primary N) is 1. The molecule has 1 fully saturated rings. The molecule has 0 amide bonds. The summed E-state index contributed by atoms with van der Waals surface area (Å²) in [5, 5.41) is 0. The fraction of sp³-hybridized carbons (Fsp3) is 0.455. The number of nitrogen functional groups attached to an aromatic ring is 1. The Kier molecular flexibility index (Phi) is 3.66. The summed E-state index contributed by atoms with van der Waals surface area (Å²) in [6.45, 7) is 0.428. The number of hydrogen-bond acceptors (Lipinski definition) is 3. The molecule has 1 aromatic carbocycles. The first-order valence-electron chi connectivity index (χ1n) is 5.53. The van der Waals surface area contributed by atoms with Crippen LogP contribution in [-0.2, 0) is 10.0 Å². The highest BCUT2D eigenvalue weighted by Crippen LogP contribution is 2.32. The lowest BCUT2D eigenvalue weighted by Gasteiger charge is -2.17. The van der Waals surface area contributed by atoms with E-state index >= 15 is 0 Å². The van der Waals surface area contributed by atoms with Gasteiger partial charge in [-0.05, 0) is 46.8 Å². The zero-order valence-electron chi connectivity index (χ0n) is 9.86. The Bertz CT molecular complexity index is 573. The Labute approximate surface area is 114 Å². The maximum atomic E-state index is 13.7. The third-order valence-electron chi connectivity index (χ3n) is 2.95. The van der Waals surface area contributed by atoms with Crippen molar-refractivity contribution in [1.29, 1.82) is 0 Å². The standard InChI is InChI=1S/C11H14BrFN2O2S/c1-15(6-7-2-3-7)18(16,17)11-5-10(14)8(12)4-9(11)13/h4-5,7H,2-3,6,14H2,1H3. The molecule has 0 aromatic heterocycles. The Morgan fingerprint density at radius 1 is 1.50 bits per heavy atom. The molecule has 1 saturated carbocycles. The third kappa shape index (κ3) is 2.67. The Morgan fingerprint density at radius 2 is 2.11 bits per heavy atom. The summed E-state index contributed by atoms with van der Waals surface area (Å²) < 4.78 is 39.7. The molecule has 0 spiro atoms. The van der Waals surface area contributed by atoms with Gasteiger partial charge in [-0.1, -0.05) is 0 Å². The number of benzene rings is 1. The first-order valence-corrected chi connectivity index (χ1v) is 7.76. The SMILES string of the molecule is CN(CC1CC1)S(=O)(=O)c1cc(N)c(Br)cc1F. The van der Waals surface area contributed by atoms with Crippen LogP contribution in [-0.4, -0.2) is 26.3 Å². The van der Waals surface area contributed by atoms with Crippen LogP contribution in [0.5, 0.6) is 0 Å². The molecule has 18 heavy (non-hydrogen) atoms. The van der Waals surface area contributed by atoms with Gasteiger partial charge in [0.2, 0.25) is 10.0 Å². The summed E-state index contributed by atoms with van der Waals surface area (Å²) in [4.78, 5) is -0.369. The van der Waals surface area contributed by atoms with Gasteiger partial charge in [-0.3, -0.25) is 0 Å². The second-order valence-corrected chi connectivity index (χ2v) is 7.40. The van der Waals surface area contributed by atoms with Crippen molar-refractivity contribution in [3.8, 4) is 0 Å². The van der Waals surface area contributed by atoms with Gasteiger partial charge in [-0.25, -0.2) is 17.1 Å². The molecule has 7 heteroatoms. The van der Waals surface area contributed by atoms with Gasteiger partial charge in [0.25, 0.3) is 0 Å². The quantitative estimate of drug-likeness (QED) is 0.857. The van der Waals surface area contributed by atoms with Crippen LogP contribution in [0.3, 0.4) is 0 Å². The second-order valence-electron chi connectivity index (χ2n) is 4.53.